The maximum atomic E-state index is 12.2. The Bertz CT molecular complexity index is 552. The van der Waals surface area contributed by atoms with E-state index in [4.69, 9.17) is 14.2 Å². The van der Waals surface area contributed by atoms with Crippen molar-refractivity contribution in [1.29, 1.82) is 0 Å². The number of aliphatic hydroxyl groups excluding tert-OH is 1. The van der Waals surface area contributed by atoms with Crippen LogP contribution in [0.5, 0.6) is 5.75 Å². The van der Waals surface area contributed by atoms with Crippen LogP contribution in [-0.4, -0.2) is 54.1 Å². The molecule has 2 atom stereocenters. The number of hydrogen-bond donors (Lipinski definition) is 1. The van der Waals surface area contributed by atoms with Gasteiger partial charge in [0.25, 0.3) is 0 Å². The van der Waals surface area contributed by atoms with Gasteiger partial charge in [-0.3, -0.25) is 0 Å². The number of β-amino-alcohol motifs (C(OH)–C–C–N with tert-alkyl or cyclic N) is 1. The SMILES string of the molecule is COc1ccc(CO[C@@H]2CCN(C(=O)OC(C)(C)C)C[C@H](O)C2)cc1. The maximum absolute atomic E-state index is 12.2. The molecule has 1 heterocycles. The lowest BCUT2D eigenvalue weighted by molar-refractivity contribution is 0.00778. The predicted molar refractivity (Wildman–Crippen MR) is 94.6 cm³/mol. The minimum absolute atomic E-state index is 0.0930. The number of benzene rings is 1. The molecule has 140 valence electrons. The lowest BCUT2D eigenvalue weighted by Gasteiger charge is -2.27. The first-order chi connectivity index (χ1) is 11.8. The molecular formula is C19H29NO5. The summed E-state index contributed by atoms with van der Waals surface area (Å²) in [6.45, 7) is 6.75. The van der Waals surface area contributed by atoms with Crippen molar-refractivity contribution in [2.45, 2.75) is 58.0 Å². The standard InChI is InChI=1S/C19H29NO5/c1-19(2,3)25-18(22)20-10-9-17(11-15(21)12-20)24-13-14-5-7-16(23-4)8-6-14/h5-8,15,17,21H,9-13H2,1-4H3/t15-,17-/m1/s1. The third-order valence-electron chi connectivity index (χ3n) is 3.98. The molecule has 1 saturated heterocycles. The highest BCUT2D eigenvalue weighted by atomic mass is 16.6. The van der Waals surface area contributed by atoms with Gasteiger partial charge in [-0.2, -0.15) is 0 Å². The smallest absolute Gasteiger partial charge is 0.410 e. The number of carbonyl (C=O) groups excluding carboxylic acids is 1. The summed E-state index contributed by atoms with van der Waals surface area (Å²) in [6, 6.07) is 7.70. The molecule has 0 aromatic heterocycles. The minimum Gasteiger partial charge on any atom is -0.497 e. The number of amides is 1. The summed E-state index contributed by atoms with van der Waals surface area (Å²) in [5, 5.41) is 10.2. The van der Waals surface area contributed by atoms with Gasteiger partial charge < -0.3 is 24.2 Å². The van der Waals surface area contributed by atoms with Crippen molar-refractivity contribution in [1.82, 2.24) is 4.90 Å². The van der Waals surface area contributed by atoms with Crippen LogP contribution in [-0.2, 0) is 16.1 Å². The van der Waals surface area contributed by atoms with E-state index < -0.39 is 11.7 Å². The molecule has 1 N–H and O–H groups in total. The van der Waals surface area contributed by atoms with Crippen LogP contribution in [0.2, 0.25) is 0 Å². The van der Waals surface area contributed by atoms with Crippen molar-refractivity contribution < 1.29 is 24.1 Å². The summed E-state index contributed by atoms with van der Waals surface area (Å²) in [7, 11) is 1.63. The molecule has 0 spiro atoms. The van der Waals surface area contributed by atoms with E-state index in [1.54, 1.807) is 12.0 Å². The summed E-state index contributed by atoms with van der Waals surface area (Å²) in [6.07, 6.45) is 0.0878. The van der Waals surface area contributed by atoms with Gasteiger partial charge in [-0.25, -0.2) is 4.79 Å². The lowest BCUT2D eigenvalue weighted by Crippen LogP contribution is -2.40. The number of methoxy groups -OCH3 is 1. The third kappa shape index (κ3) is 6.55. The van der Waals surface area contributed by atoms with Crippen LogP contribution in [0.25, 0.3) is 0 Å². The molecule has 6 nitrogen and oxygen atoms in total. The number of rotatable bonds is 4. The zero-order chi connectivity index (χ0) is 18.4. The molecular weight excluding hydrogens is 322 g/mol. The largest absolute Gasteiger partial charge is 0.497 e. The third-order valence-corrected chi connectivity index (χ3v) is 3.98. The van der Waals surface area contributed by atoms with E-state index in [1.807, 2.05) is 45.0 Å². The van der Waals surface area contributed by atoms with Crippen LogP contribution < -0.4 is 4.74 Å². The first-order valence-electron chi connectivity index (χ1n) is 8.67. The molecule has 1 aliphatic rings. The van der Waals surface area contributed by atoms with E-state index in [0.29, 0.717) is 26.0 Å². The zero-order valence-electron chi connectivity index (χ0n) is 15.5. The summed E-state index contributed by atoms with van der Waals surface area (Å²) < 4.78 is 16.5. The molecule has 1 aromatic rings. The quantitative estimate of drug-likeness (QED) is 0.903. The van der Waals surface area contributed by atoms with Crippen molar-refractivity contribution in [2.24, 2.45) is 0 Å². The number of carbonyl (C=O) groups is 1. The van der Waals surface area contributed by atoms with Crippen LogP contribution in [0.1, 0.15) is 39.2 Å². The summed E-state index contributed by atoms with van der Waals surface area (Å²) in [5.41, 5.74) is 0.502. The molecule has 1 aromatic carbocycles. The normalized spacial score (nSPS) is 21.6. The number of likely N-dealkylation sites (tertiary alicyclic amines) is 1. The monoisotopic (exact) mass is 351 g/mol. The average molecular weight is 351 g/mol. The van der Waals surface area contributed by atoms with Crippen molar-refractivity contribution in [2.75, 3.05) is 20.2 Å². The highest BCUT2D eigenvalue weighted by Gasteiger charge is 2.29. The first-order valence-corrected chi connectivity index (χ1v) is 8.67. The van der Waals surface area contributed by atoms with E-state index in [9.17, 15) is 9.90 Å². The Balaban J connectivity index is 1.86. The van der Waals surface area contributed by atoms with E-state index in [2.05, 4.69) is 0 Å². The van der Waals surface area contributed by atoms with Gasteiger partial charge in [0, 0.05) is 13.0 Å². The molecule has 25 heavy (non-hydrogen) atoms. The number of aliphatic hydroxyl groups is 1. The van der Waals surface area contributed by atoms with Crippen LogP contribution in [0.15, 0.2) is 24.3 Å². The number of hydrogen-bond acceptors (Lipinski definition) is 5. The van der Waals surface area contributed by atoms with E-state index in [-0.39, 0.29) is 18.7 Å². The minimum atomic E-state index is -0.615. The number of ether oxygens (including phenoxy) is 3. The molecule has 1 amide bonds. The summed E-state index contributed by atoms with van der Waals surface area (Å²) in [5.74, 6) is 0.807. The Hall–Kier alpha value is -1.79. The van der Waals surface area contributed by atoms with Crippen molar-refractivity contribution >= 4 is 6.09 Å². The molecule has 6 heteroatoms. The Morgan fingerprint density at radius 1 is 1.28 bits per heavy atom. The summed E-state index contributed by atoms with van der Waals surface area (Å²) >= 11 is 0. The van der Waals surface area contributed by atoms with Gasteiger partial charge in [0.15, 0.2) is 0 Å². The highest BCUT2D eigenvalue weighted by molar-refractivity contribution is 5.68. The fourth-order valence-corrected chi connectivity index (χ4v) is 2.72. The number of nitrogens with zero attached hydrogens (tertiary/aromatic N) is 1. The fourth-order valence-electron chi connectivity index (χ4n) is 2.72. The van der Waals surface area contributed by atoms with Crippen LogP contribution in [0.4, 0.5) is 4.79 Å². The van der Waals surface area contributed by atoms with Gasteiger partial charge in [0.2, 0.25) is 0 Å². The molecule has 0 aliphatic carbocycles. The Labute approximate surface area is 149 Å². The second-order valence-electron chi connectivity index (χ2n) is 7.39. The van der Waals surface area contributed by atoms with Crippen molar-refractivity contribution in [3.8, 4) is 5.75 Å². The van der Waals surface area contributed by atoms with E-state index in [1.165, 1.54) is 0 Å². The lowest BCUT2D eigenvalue weighted by atomic mass is 10.1. The second kappa shape index (κ2) is 8.54. The Kier molecular flexibility index (Phi) is 6.67. The van der Waals surface area contributed by atoms with Crippen LogP contribution in [0.3, 0.4) is 0 Å². The van der Waals surface area contributed by atoms with Crippen LogP contribution in [0, 0.1) is 0 Å². The molecule has 0 saturated carbocycles. The van der Waals surface area contributed by atoms with Crippen LogP contribution >= 0.6 is 0 Å². The molecule has 1 aliphatic heterocycles. The van der Waals surface area contributed by atoms with E-state index in [0.717, 1.165) is 11.3 Å². The first kappa shape index (κ1) is 19.5. The van der Waals surface area contributed by atoms with Gasteiger partial charge in [-0.1, -0.05) is 12.1 Å². The van der Waals surface area contributed by atoms with Gasteiger partial charge in [-0.05, 0) is 44.9 Å². The van der Waals surface area contributed by atoms with Gasteiger partial charge in [-0.15, -0.1) is 0 Å². The fraction of sp³-hybridized carbons (Fsp3) is 0.632. The van der Waals surface area contributed by atoms with E-state index >= 15 is 0 Å². The van der Waals surface area contributed by atoms with Crippen molar-refractivity contribution in [3.05, 3.63) is 29.8 Å². The molecule has 0 radical (unpaired) electrons. The molecule has 2 rings (SSSR count). The second-order valence-corrected chi connectivity index (χ2v) is 7.39. The summed E-state index contributed by atoms with van der Waals surface area (Å²) in [4.78, 5) is 13.8. The predicted octanol–water partition coefficient (Wildman–Crippen LogP) is 2.97. The van der Waals surface area contributed by atoms with Crippen molar-refractivity contribution in [3.63, 3.8) is 0 Å². The molecule has 0 unspecified atom stereocenters. The topological polar surface area (TPSA) is 68.2 Å². The Morgan fingerprint density at radius 2 is 1.96 bits per heavy atom. The van der Waals surface area contributed by atoms with Gasteiger partial charge >= 0.3 is 6.09 Å². The molecule has 0 bridgehead atoms. The maximum Gasteiger partial charge on any atom is 0.410 e. The zero-order valence-corrected chi connectivity index (χ0v) is 15.5. The average Bonchev–Trinajstić information content (AvgIpc) is 2.73. The van der Waals surface area contributed by atoms with Gasteiger partial charge in [0.1, 0.15) is 11.4 Å². The van der Waals surface area contributed by atoms with Gasteiger partial charge in [0.05, 0.1) is 32.5 Å². The Morgan fingerprint density at radius 3 is 2.56 bits per heavy atom. The molecule has 1 fully saturated rings. The highest BCUT2D eigenvalue weighted by Crippen LogP contribution is 2.20.